The molecule has 0 aromatic heterocycles. The number of hydrogen-bond donors (Lipinski definition) is 1. The zero-order valence-corrected chi connectivity index (χ0v) is 16.4. The highest BCUT2D eigenvalue weighted by Crippen LogP contribution is 2.32. The van der Waals surface area contributed by atoms with Crippen LogP contribution >= 0.6 is 0 Å². The number of aromatic carboxylic acids is 1. The Morgan fingerprint density at radius 3 is 2.20 bits per heavy atom. The van der Waals surface area contributed by atoms with Crippen LogP contribution in [0.1, 0.15) is 22.8 Å². The van der Waals surface area contributed by atoms with Crippen LogP contribution in [0.15, 0.2) is 48.4 Å². The molecule has 0 fully saturated rings. The van der Waals surface area contributed by atoms with E-state index >= 15 is 0 Å². The molecule has 1 N–H and O–H groups in total. The Hall–Kier alpha value is -3.88. The van der Waals surface area contributed by atoms with E-state index in [0.717, 1.165) is 32.4 Å². The normalized spacial score (nSPS) is 10.9. The molecule has 0 atom stereocenters. The van der Waals surface area contributed by atoms with Gasteiger partial charge in [-0.1, -0.05) is 18.2 Å². The molecule has 2 aliphatic carbocycles. The summed E-state index contributed by atoms with van der Waals surface area (Å²) in [5.74, 6) is -4.89. The van der Waals surface area contributed by atoms with Crippen LogP contribution in [0.2, 0.25) is 0 Å². The van der Waals surface area contributed by atoms with Gasteiger partial charge in [0, 0.05) is 12.5 Å². The number of carboxylic acid groups (broad SMARTS) is 1. The number of hydrogen-bond acceptors (Lipinski definition) is 7. The van der Waals surface area contributed by atoms with Gasteiger partial charge in [0.15, 0.2) is 0 Å². The van der Waals surface area contributed by atoms with Crippen LogP contribution in [0, 0.1) is 5.82 Å². The average Bonchev–Trinajstić information content (AvgIpc) is 3.31. The third-order valence-electron chi connectivity index (χ3n) is 3.80. The van der Waals surface area contributed by atoms with Gasteiger partial charge in [0.2, 0.25) is 5.76 Å². The number of carbonyl (C=O) groups excluding carboxylic acids is 2. The number of carbonyl (C=O) groups is 3. The first-order chi connectivity index (χ1) is 14.3. The van der Waals surface area contributed by atoms with Crippen LogP contribution in [0.5, 0.6) is 5.75 Å². The molecular weight excluding hydrogens is 399 g/mol. The highest BCUT2D eigenvalue weighted by molar-refractivity contribution is 5.93. The molecule has 30 heavy (non-hydrogen) atoms. The van der Waals surface area contributed by atoms with Crippen molar-refractivity contribution in [2.45, 2.75) is 13.5 Å². The van der Waals surface area contributed by atoms with Crippen molar-refractivity contribution >= 4 is 17.9 Å². The number of carboxylic acids is 1. The number of methoxy groups -OCH3 is 2. The molecule has 0 aliphatic heterocycles. The zero-order chi connectivity index (χ0) is 22.3. The highest BCUT2D eigenvalue weighted by Gasteiger charge is 2.24. The van der Waals surface area contributed by atoms with Crippen LogP contribution < -0.4 is 4.74 Å². The first-order valence-electron chi connectivity index (χ1n) is 8.56. The lowest BCUT2D eigenvalue weighted by molar-refractivity contribution is -0.142. The molecule has 0 bridgehead atoms. The van der Waals surface area contributed by atoms with Crippen LogP contribution in [0.25, 0.3) is 11.1 Å². The smallest absolute Gasteiger partial charge is 0.377 e. The minimum atomic E-state index is -1.53. The topological polar surface area (TPSA) is 108 Å². The fraction of sp³-hybridized carbons (Fsp3) is 0.190. The molecule has 0 radical (unpaired) electrons. The first kappa shape index (κ1) is 22.4. The van der Waals surface area contributed by atoms with Gasteiger partial charge in [-0.15, -0.1) is 0 Å². The Kier molecular flexibility index (Phi) is 7.51. The van der Waals surface area contributed by atoms with Crippen molar-refractivity contribution in [3.05, 3.63) is 65.4 Å². The maximum absolute atomic E-state index is 13.9. The van der Waals surface area contributed by atoms with Gasteiger partial charge in [0.25, 0.3) is 0 Å². The van der Waals surface area contributed by atoms with Crippen LogP contribution in [-0.4, -0.2) is 37.2 Å². The van der Waals surface area contributed by atoms with E-state index in [0.29, 0.717) is 0 Å². The van der Waals surface area contributed by atoms with Gasteiger partial charge in [0.1, 0.15) is 30.0 Å². The second-order valence-corrected chi connectivity index (χ2v) is 5.88. The molecule has 3 rings (SSSR count). The summed E-state index contributed by atoms with van der Waals surface area (Å²) in [5, 5.41) is 9.32. The largest absolute Gasteiger partial charge is 0.500 e. The Balaban J connectivity index is 0.000000443. The highest BCUT2D eigenvalue weighted by atomic mass is 19.1. The van der Waals surface area contributed by atoms with E-state index in [1.54, 1.807) is 0 Å². The van der Waals surface area contributed by atoms with E-state index in [2.05, 4.69) is 38.5 Å². The Labute approximate surface area is 171 Å². The van der Waals surface area contributed by atoms with Gasteiger partial charge in [0.05, 0.1) is 14.2 Å². The van der Waals surface area contributed by atoms with Crippen molar-refractivity contribution in [1.29, 1.82) is 0 Å². The number of fused-ring (bicyclic) bond motifs is 1. The predicted molar refractivity (Wildman–Crippen MR) is 102 cm³/mol. The lowest BCUT2D eigenvalue weighted by Crippen LogP contribution is -2.15. The lowest BCUT2D eigenvalue weighted by Gasteiger charge is -2.14. The lowest BCUT2D eigenvalue weighted by atomic mass is 10.1. The standard InChI is InChI=1S/C15H15FO8.C6H4/c1-8(17)23-6-9-10(16)4-5-11(13(9)14(18)19)24-12(7-21-2)15(20)22-3;1-2-5-4-6(5)3-1/h4-5,7H,6H2,1-3H3,(H,18,19);1-4H. The fourth-order valence-electron chi connectivity index (χ4n) is 2.35. The van der Waals surface area contributed by atoms with E-state index in [4.69, 9.17) is 4.74 Å². The van der Waals surface area contributed by atoms with Crippen LogP contribution in [0.4, 0.5) is 4.39 Å². The molecule has 0 saturated heterocycles. The molecule has 0 saturated carbocycles. The predicted octanol–water partition coefficient (Wildman–Crippen LogP) is 3.29. The third-order valence-corrected chi connectivity index (χ3v) is 3.80. The van der Waals surface area contributed by atoms with Crippen molar-refractivity contribution in [2.24, 2.45) is 0 Å². The summed E-state index contributed by atoms with van der Waals surface area (Å²) in [5.41, 5.74) is 1.85. The molecule has 1 aromatic rings. The number of halogens is 1. The average molecular weight is 418 g/mol. The zero-order valence-electron chi connectivity index (χ0n) is 16.4. The minimum Gasteiger partial charge on any atom is -0.500 e. The van der Waals surface area contributed by atoms with Crippen molar-refractivity contribution < 1.29 is 42.8 Å². The summed E-state index contributed by atoms with van der Waals surface area (Å²) in [7, 11) is 2.32. The Bertz CT molecular complexity index is 979. The van der Waals surface area contributed by atoms with Crippen molar-refractivity contribution in [3.63, 3.8) is 0 Å². The van der Waals surface area contributed by atoms with E-state index in [9.17, 15) is 23.9 Å². The molecule has 1 aromatic carbocycles. The number of benzene rings is 2. The molecule has 9 heteroatoms. The summed E-state index contributed by atoms with van der Waals surface area (Å²) >= 11 is 0. The van der Waals surface area contributed by atoms with Gasteiger partial charge in [-0.25, -0.2) is 14.0 Å². The van der Waals surface area contributed by atoms with Crippen LogP contribution in [-0.2, 0) is 30.4 Å². The number of ether oxygens (including phenoxy) is 4. The van der Waals surface area contributed by atoms with Crippen molar-refractivity contribution in [1.82, 2.24) is 0 Å². The summed E-state index contributed by atoms with van der Waals surface area (Å²) in [6.07, 6.45) is 0.895. The Morgan fingerprint density at radius 2 is 1.77 bits per heavy atom. The molecule has 2 aliphatic rings. The quantitative estimate of drug-likeness (QED) is 0.354. The number of rotatable bonds is 7. The first-order valence-corrected chi connectivity index (χ1v) is 8.56. The maximum atomic E-state index is 13.9. The molecule has 8 nitrogen and oxygen atoms in total. The van der Waals surface area contributed by atoms with Crippen LogP contribution in [0.3, 0.4) is 0 Å². The van der Waals surface area contributed by atoms with Crippen molar-refractivity contribution in [3.8, 4) is 16.9 Å². The van der Waals surface area contributed by atoms with Gasteiger partial charge in [-0.2, -0.15) is 0 Å². The maximum Gasteiger partial charge on any atom is 0.377 e. The Morgan fingerprint density at radius 1 is 1.10 bits per heavy atom. The monoisotopic (exact) mass is 418 g/mol. The third kappa shape index (κ3) is 5.81. The summed E-state index contributed by atoms with van der Waals surface area (Å²) < 4.78 is 32.9. The summed E-state index contributed by atoms with van der Waals surface area (Å²) in [6, 6.07) is 10.4. The molecular formula is C21H19FO8. The molecule has 158 valence electrons. The molecule has 0 unspecified atom stereocenters. The minimum absolute atomic E-state index is 0.347. The van der Waals surface area contributed by atoms with Gasteiger partial charge < -0.3 is 24.1 Å². The molecule has 0 heterocycles. The SMILES string of the molecule is COC=C(Oc1ccc(F)c(COC(C)=O)c1C(=O)O)C(=O)OC.c1cc2cc-2c1. The van der Waals surface area contributed by atoms with E-state index in [-0.39, 0.29) is 5.75 Å². The van der Waals surface area contributed by atoms with Gasteiger partial charge in [-0.3, -0.25) is 4.79 Å². The van der Waals surface area contributed by atoms with E-state index in [1.165, 1.54) is 18.2 Å². The summed E-state index contributed by atoms with van der Waals surface area (Å²) in [6.45, 7) is 0.483. The molecule has 0 spiro atoms. The van der Waals surface area contributed by atoms with Crippen molar-refractivity contribution in [2.75, 3.05) is 14.2 Å². The fourth-order valence-corrected chi connectivity index (χ4v) is 2.35. The second kappa shape index (κ2) is 10.1. The second-order valence-electron chi connectivity index (χ2n) is 5.88. The van der Waals surface area contributed by atoms with Gasteiger partial charge in [-0.05, 0) is 29.3 Å². The molecule has 0 amide bonds. The van der Waals surface area contributed by atoms with E-state index < -0.39 is 47.2 Å². The van der Waals surface area contributed by atoms with Gasteiger partial charge >= 0.3 is 17.9 Å². The van der Waals surface area contributed by atoms with E-state index in [1.807, 2.05) is 0 Å². The number of esters is 2. The summed E-state index contributed by atoms with van der Waals surface area (Å²) in [4.78, 5) is 33.9.